The number of aromatic nitrogens is 4. The lowest BCUT2D eigenvalue weighted by atomic mass is 10.1. The van der Waals surface area contributed by atoms with Crippen molar-refractivity contribution in [2.75, 3.05) is 0 Å². The first-order valence-corrected chi connectivity index (χ1v) is 21.6. The van der Waals surface area contributed by atoms with E-state index >= 15 is 0 Å². The van der Waals surface area contributed by atoms with Gasteiger partial charge in [0.1, 0.15) is 18.1 Å². The summed E-state index contributed by atoms with van der Waals surface area (Å²) in [6, 6.07) is 22.8. The number of ether oxygens (including phenoxy) is 2. The van der Waals surface area contributed by atoms with E-state index in [-0.39, 0.29) is 47.1 Å². The second kappa shape index (κ2) is 18.3. The summed E-state index contributed by atoms with van der Waals surface area (Å²) < 4.78 is 17.0. The molecule has 0 unspecified atom stereocenters. The van der Waals surface area contributed by atoms with Crippen LogP contribution in [0.4, 0.5) is 0 Å². The van der Waals surface area contributed by atoms with Gasteiger partial charge in [0.15, 0.2) is 6.61 Å². The fraction of sp³-hybridized carbons (Fsp3) is 0.292. The first-order chi connectivity index (χ1) is 31.1. The summed E-state index contributed by atoms with van der Waals surface area (Å²) >= 11 is 5.96. The molecule has 4 heterocycles. The number of aromatic carboxylic acids is 2. The minimum absolute atomic E-state index is 0.0111. The largest absolute Gasteiger partial charge is 0.487 e. The van der Waals surface area contributed by atoms with Crippen molar-refractivity contribution < 1.29 is 43.4 Å². The number of carboxylic acids is 2. The van der Waals surface area contributed by atoms with Crippen LogP contribution in [0.25, 0.3) is 22.6 Å². The number of rotatable bonds is 12. The van der Waals surface area contributed by atoms with Crippen LogP contribution >= 0.6 is 11.6 Å². The van der Waals surface area contributed by atoms with E-state index in [9.17, 15) is 24.3 Å². The molecule has 326 valence electrons. The Hall–Kier alpha value is -7.13. The quantitative estimate of drug-likeness (QED) is 0.118. The Balaban J connectivity index is 0.000000162. The molecule has 16 heteroatoms. The summed E-state index contributed by atoms with van der Waals surface area (Å²) in [5.41, 5.74) is 5.93. The highest BCUT2D eigenvalue weighted by Crippen LogP contribution is 2.35. The Labute approximate surface area is 372 Å². The van der Waals surface area contributed by atoms with Crippen molar-refractivity contribution in [3.63, 3.8) is 0 Å². The minimum atomic E-state index is -1.10. The van der Waals surface area contributed by atoms with Gasteiger partial charge in [-0.2, -0.15) is 4.98 Å². The van der Waals surface area contributed by atoms with E-state index in [1.54, 1.807) is 36.7 Å². The molecule has 10 rings (SSSR count). The molecule has 64 heavy (non-hydrogen) atoms. The molecule has 6 aromatic rings. The normalized spacial score (nSPS) is 15.8. The lowest BCUT2D eigenvalue weighted by Gasteiger charge is -2.23. The molecule has 2 amide bonds. The van der Waals surface area contributed by atoms with Crippen molar-refractivity contribution >= 4 is 35.4 Å². The predicted octanol–water partition coefficient (Wildman–Crippen LogP) is 8.88. The number of carboxylic acid groups (broad SMARTS) is 2. The first-order valence-electron chi connectivity index (χ1n) is 21.2. The van der Waals surface area contributed by atoms with Crippen LogP contribution in [0, 0.1) is 0 Å². The molecule has 0 atom stereocenters. The highest BCUT2D eigenvalue weighted by Gasteiger charge is 2.35. The Morgan fingerprint density at radius 3 is 1.94 bits per heavy atom. The van der Waals surface area contributed by atoms with Gasteiger partial charge in [0.05, 0.1) is 39.9 Å². The number of benzene rings is 4. The number of hydrogen-bond acceptors (Lipinski definition) is 11. The monoisotopic (exact) mass is 882 g/mol. The standard InChI is InChI=1S/C25H22ClN3O4.C23H21N3O5/c26-22-8-5-15(10-21(22)25(31)32)23-12-27-11-17(28-23)14-33-19-6-7-20-16(9-19)13-29(24(20)30)18-3-1-2-4-18;27-22-19-9-8-18(11-16(19)12-26(22)17-6-1-2-7-17)30-13-20-24-21(25-31-20)14-4-3-5-15(10-14)23(28)29/h5-12,18H,1-4,13-14H2,(H,31,32);3-5,8-11,17H,1-2,6-7,12-13H2,(H,28,29). The molecule has 4 aromatic carbocycles. The summed E-state index contributed by atoms with van der Waals surface area (Å²) in [6.07, 6.45) is 12.3. The molecule has 4 aliphatic rings. The number of hydrogen-bond donors (Lipinski definition) is 2. The number of nitrogens with zero attached hydrogens (tertiary/aromatic N) is 6. The molecule has 2 aliphatic carbocycles. The average Bonchev–Trinajstić information content (AvgIpc) is 4.18. The molecule has 0 spiro atoms. The fourth-order valence-corrected chi connectivity index (χ4v) is 9.03. The summed E-state index contributed by atoms with van der Waals surface area (Å²) in [7, 11) is 0. The van der Waals surface area contributed by atoms with Crippen LogP contribution in [0.1, 0.15) is 116 Å². The summed E-state index contributed by atoms with van der Waals surface area (Å²) in [6.45, 7) is 1.53. The van der Waals surface area contributed by atoms with Crippen LogP contribution in [0.15, 0.2) is 95.8 Å². The molecule has 2 fully saturated rings. The van der Waals surface area contributed by atoms with Crippen LogP contribution < -0.4 is 9.47 Å². The molecule has 0 bridgehead atoms. The first kappa shape index (κ1) is 42.2. The number of fused-ring (bicyclic) bond motifs is 2. The Morgan fingerprint density at radius 2 is 1.33 bits per heavy atom. The average molecular weight is 883 g/mol. The molecule has 15 nitrogen and oxygen atoms in total. The molecule has 2 aromatic heterocycles. The van der Waals surface area contributed by atoms with Crippen LogP contribution in [0.2, 0.25) is 5.02 Å². The van der Waals surface area contributed by atoms with Gasteiger partial charge in [-0.3, -0.25) is 14.6 Å². The van der Waals surface area contributed by atoms with E-state index in [0.717, 1.165) is 47.9 Å². The number of halogens is 1. The van der Waals surface area contributed by atoms with E-state index in [0.29, 0.717) is 65.0 Å². The molecule has 2 aliphatic heterocycles. The molecule has 2 N–H and O–H groups in total. The van der Waals surface area contributed by atoms with Gasteiger partial charge in [0.2, 0.25) is 5.82 Å². The highest BCUT2D eigenvalue weighted by molar-refractivity contribution is 6.33. The topological polar surface area (TPSA) is 198 Å². The number of carbonyl (C=O) groups excluding carboxylic acids is 2. The van der Waals surface area contributed by atoms with Gasteiger partial charge >= 0.3 is 11.9 Å². The van der Waals surface area contributed by atoms with Crippen molar-refractivity contribution in [2.24, 2.45) is 0 Å². The van der Waals surface area contributed by atoms with Gasteiger partial charge in [-0.25, -0.2) is 14.6 Å². The third-order valence-electron chi connectivity index (χ3n) is 12.1. The van der Waals surface area contributed by atoms with Crippen molar-refractivity contribution in [1.29, 1.82) is 0 Å². The fourth-order valence-electron chi connectivity index (χ4n) is 8.83. The molecular formula is C48H43ClN6O9. The van der Waals surface area contributed by atoms with E-state index in [4.69, 9.17) is 30.7 Å². The second-order valence-electron chi connectivity index (χ2n) is 16.3. The van der Waals surface area contributed by atoms with Crippen molar-refractivity contribution in [3.05, 3.63) is 141 Å². The van der Waals surface area contributed by atoms with Crippen LogP contribution in [-0.4, -0.2) is 76.0 Å². The summed E-state index contributed by atoms with van der Waals surface area (Å²) in [5.74, 6) is -0.0156. The van der Waals surface area contributed by atoms with Gasteiger partial charge in [0.25, 0.3) is 17.7 Å². The molecule has 0 radical (unpaired) electrons. The van der Waals surface area contributed by atoms with E-state index < -0.39 is 11.9 Å². The zero-order chi connectivity index (χ0) is 44.3. The highest BCUT2D eigenvalue weighted by atomic mass is 35.5. The van der Waals surface area contributed by atoms with Gasteiger partial charge in [-0.05, 0) is 97.5 Å². The van der Waals surface area contributed by atoms with Crippen LogP contribution in [0.5, 0.6) is 11.5 Å². The third-order valence-corrected chi connectivity index (χ3v) is 12.4. The molecule has 2 saturated carbocycles. The Morgan fingerprint density at radius 1 is 0.703 bits per heavy atom. The summed E-state index contributed by atoms with van der Waals surface area (Å²) in [5, 5.41) is 22.5. The van der Waals surface area contributed by atoms with E-state index in [2.05, 4.69) is 20.1 Å². The summed E-state index contributed by atoms with van der Waals surface area (Å²) in [4.78, 5) is 65.0. The lowest BCUT2D eigenvalue weighted by Crippen LogP contribution is -2.33. The minimum Gasteiger partial charge on any atom is -0.487 e. The smallest absolute Gasteiger partial charge is 0.337 e. The second-order valence-corrected chi connectivity index (χ2v) is 16.7. The maximum Gasteiger partial charge on any atom is 0.337 e. The number of carbonyl (C=O) groups is 4. The zero-order valence-electron chi connectivity index (χ0n) is 34.6. The Kier molecular flexibility index (Phi) is 12.1. The molecular weight excluding hydrogens is 840 g/mol. The van der Waals surface area contributed by atoms with Crippen molar-refractivity contribution in [1.82, 2.24) is 29.9 Å². The van der Waals surface area contributed by atoms with Gasteiger partial charge in [-0.1, -0.05) is 60.6 Å². The van der Waals surface area contributed by atoms with Gasteiger partial charge < -0.3 is 34.0 Å². The zero-order valence-corrected chi connectivity index (χ0v) is 35.4. The van der Waals surface area contributed by atoms with Crippen molar-refractivity contribution in [2.45, 2.75) is 89.8 Å². The maximum absolute atomic E-state index is 12.8. The number of amides is 2. The molecule has 0 saturated heterocycles. The SMILES string of the molecule is O=C(O)c1cc(-c2cncc(COc3ccc4c(c3)CN(C3CCCC3)C4=O)n2)ccc1Cl.O=C(O)c1cccc(-c2noc(COc3ccc4c(c3)CN(C3CCCC3)C4=O)n2)c1. The predicted molar refractivity (Wildman–Crippen MR) is 232 cm³/mol. The van der Waals surface area contributed by atoms with Crippen LogP contribution in [0.3, 0.4) is 0 Å². The van der Waals surface area contributed by atoms with Gasteiger partial charge in [0, 0.05) is 47.4 Å². The Bertz CT molecular complexity index is 2760. The third kappa shape index (κ3) is 9.02. The van der Waals surface area contributed by atoms with E-state index in [1.165, 1.54) is 49.9 Å². The van der Waals surface area contributed by atoms with E-state index in [1.807, 2.05) is 40.1 Å². The van der Waals surface area contributed by atoms with Crippen LogP contribution in [-0.2, 0) is 26.3 Å². The van der Waals surface area contributed by atoms with Crippen molar-refractivity contribution in [3.8, 4) is 34.1 Å². The lowest BCUT2D eigenvalue weighted by molar-refractivity contribution is 0.0686. The van der Waals surface area contributed by atoms with Gasteiger partial charge in [-0.15, -0.1) is 0 Å². The maximum atomic E-state index is 12.8.